The summed E-state index contributed by atoms with van der Waals surface area (Å²) in [4.78, 5) is 0. The molecule has 0 radical (unpaired) electrons. The van der Waals surface area contributed by atoms with Crippen LogP contribution in [-0.2, 0) is 7.05 Å². The summed E-state index contributed by atoms with van der Waals surface area (Å²) in [5, 5.41) is 23.4. The van der Waals surface area contributed by atoms with Gasteiger partial charge in [-0.25, -0.2) is 0 Å². The number of hydrogen-bond acceptors (Lipinski definition) is 4. The van der Waals surface area contributed by atoms with Crippen LogP contribution >= 0.6 is 0 Å². The van der Waals surface area contributed by atoms with Gasteiger partial charge in [0.1, 0.15) is 17.3 Å². The molecule has 5 heteroatoms. The molecule has 1 aromatic carbocycles. The quantitative estimate of drug-likeness (QED) is 0.676. The fraction of sp³-hybridized carbons (Fsp3) is 0.182. The summed E-state index contributed by atoms with van der Waals surface area (Å²) in [7, 11) is 1.73. The first-order valence-corrected chi connectivity index (χ1v) is 4.81. The van der Waals surface area contributed by atoms with Gasteiger partial charge in [0, 0.05) is 23.7 Å². The minimum Gasteiger partial charge on any atom is -0.508 e. The van der Waals surface area contributed by atoms with Gasteiger partial charge < -0.3 is 15.9 Å². The Hall–Kier alpha value is -2.17. The van der Waals surface area contributed by atoms with Gasteiger partial charge in [0.2, 0.25) is 0 Å². The number of nitrogens with zero attached hydrogens (tertiary/aromatic N) is 2. The van der Waals surface area contributed by atoms with Crippen molar-refractivity contribution in [1.29, 1.82) is 0 Å². The zero-order valence-electron chi connectivity index (χ0n) is 9.10. The molecule has 16 heavy (non-hydrogen) atoms. The summed E-state index contributed by atoms with van der Waals surface area (Å²) < 4.78 is 1.52. The maximum Gasteiger partial charge on any atom is 0.130 e. The molecule has 84 valence electrons. The van der Waals surface area contributed by atoms with Gasteiger partial charge in [0.05, 0.1) is 6.20 Å². The van der Waals surface area contributed by atoms with Crippen molar-refractivity contribution >= 4 is 5.82 Å². The third kappa shape index (κ3) is 1.37. The normalized spacial score (nSPS) is 10.6. The van der Waals surface area contributed by atoms with Gasteiger partial charge in [-0.05, 0) is 19.1 Å². The van der Waals surface area contributed by atoms with Gasteiger partial charge in [-0.15, -0.1) is 0 Å². The number of aromatic nitrogens is 2. The molecular formula is C11H13N3O2. The van der Waals surface area contributed by atoms with Crippen LogP contribution in [0.4, 0.5) is 5.82 Å². The number of aryl methyl sites for hydroxylation is 1. The molecule has 2 rings (SSSR count). The molecule has 5 nitrogen and oxygen atoms in total. The molecule has 1 aromatic heterocycles. The first kappa shape index (κ1) is 10.4. The maximum absolute atomic E-state index is 9.91. The highest BCUT2D eigenvalue weighted by Crippen LogP contribution is 2.38. The second kappa shape index (κ2) is 3.44. The predicted octanol–water partition coefficient (Wildman–Crippen LogP) is 1.39. The molecule has 0 bridgehead atoms. The Bertz CT molecular complexity index is 546. The van der Waals surface area contributed by atoms with Crippen molar-refractivity contribution in [2.24, 2.45) is 7.05 Å². The lowest BCUT2D eigenvalue weighted by Crippen LogP contribution is -1.98. The van der Waals surface area contributed by atoms with Crippen LogP contribution in [0.5, 0.6) is 11.5 Å². The van der Waals surface area contributed by atoms with E-state index in [0.29, 0.717) is 22.5 Å². The van der Waals surface area contributed by atoms with Crippen LogP contribution in [0.25, 0.3) is 11.1 Å². The number of benzene rings is 1. The van der Waals surface area contributed by atoms with Gasteiger partial charge in [0.25, 0.3) is 0 Å². The van der Waals surface area contributed by atoms with Crippen molar-refractivity contribution in [2.45, 2.75) is 6.92 Å². The molecule has 0 saturated heterocycles. The third-order valence-corrected chi connectivity index (χ3v) is 2.68. The largest absolute Gasteiger partial charge is 0.508 e. The van der Waals surface area contributed by atoms with Crippen molar-refractivity contribution < 1.29 is 10.2 Å². The van der Waals surface area contributed by atoms with E-state index in [-0.39, 0.29) is 11.5 Å². The molecule has 0 atom stereocenters. The Morgan fingerprint density at radius 2 is 1.94 bits per heavy atom. The van der Waals surface area contributed by atoms with Crippen molar-refractivity contribution in [3.8, 4) is 22.6 Å². The number of nitrogens with two attached hydrogens (primary N) is 1. The second-order valence-electron chi connectivity index (χ2n) is 3.67. The molecule has 0 aliphatic heterocycles. The second-order valence-corrected chi connectivity index (χ2v) is 3.67. The van der Waals surface area contributed by atoms with Crippen LogP contribution in [0, 0.1) is 6.92 Å². The Balaban J connectivity index is 2.66. The third-order valence-electron chi connectivity index (χ3n) is 2.68. The van der Waals surface area contributed by atoms with Gasteiger partial charge in [-0.2, -0.15) is 5.10 Å². The van der Waals surface area contributed by atoms with Crippen LogP contribution in [0.3, 0.4) is 0 Å². The van der Waals surface area contributed by atoms with E-state index in [4.69, 9.17) is 5.73 Å². The van der Waals surface area contributed by atoms with Crippen LogP contribution in [0.15, 0.2) is 18.3 Å². The molecule has 0 saturated carbocycles. The first-order valence-electron chi connectivity index (χ1n) is 4.81. The lowest BCUT2D eigenvalue weighted by atomic mass is 10.0. The van der Waals surface area contributed by atoms with E-state index in [1.165, 1.54) is 10.7 Å². The summed E-state index contributed by atoms with van der Waals surface area (Å²) in [6, 6.07) is 3.14. The molecule has 0 fully saturated rings. The van der Waals surface area contributed by atoms with Crippen molar-refractivity contribution in [2.75, 3.05) is 5.73 Å². The Labute approximate surface area is 92.8 Å². The molecule has 4 N–H and O–H groups in total. The monoisotopic (exact) mass is 219 g/mol. The highest BCUT2D eigenvalue weighted by atomic mass is 16.3. The maximum atomic E-state index is 9.91. The molecule has 0 unspecified atom stereocenters. The molecule has 2 aromatic rings. The lowest BCUT2D eigenvalue weighted by Gasteiger charge is -2.08. The van der Waals surface area contributed by atoms with Crippen molar-refractivity contribution in [3.05, 3.63) is 23.9 Å². The highest BCUT2D eigenvalue weighted by Gasteiger charge is 2.14. The average Bonchev–Trinajstić information content (AvgIpc) is 2.58. The van der Waals surface area contributed by atoms with E-state index in [0.717, 1.165) is 0 Å². The molecule has 0 amide bonds. The number of anilines is 1. The van der Waals surface area contributed by atoms with E-state index < -0.39 is 0 Å². The zero-order valence-corrected chi connectivity index (χ0v) is 9.10. The molecule has 0 spiro atoms. The molecule has 0 aliphatic carbocycles. The number of phenolic OH excluding ortho intramolecular Hbond substituents is 2. The number of aromatic hydroxyl groups is 2. The first-order chi connectivity index (χ1) is 7.52. The van der Waals surface area contributed by atoms with Crippen molar-refractivity contribution in [1.82, 2.24) is 9.78 Å². The summed E-state index contributed by atoms with van der Waals surface area (Å²) in [5.74, 6) is 0.559. The summed E-state index contributed by atoms with van der Waals surface area (Å²) in [6.45, 7) is 1.64. The Morgan fingerprint density at radius 1 is 1.25 bits per heavy atom. The van der Waals surface area contributed by atoms with E-state index in [1.54, 1.807) is 26.2 Å². The molecule has 1 heterocycles. The highest BCUT2D eigenvalue weighted by molar-refractivity contribution is 5.79. The van der Waals surface area contributed by atoms with E-state index >= 15 is 0 Å². The van der Waals surface area contributed by atoms with E-state index in [2.05, 4.69) is 5.10 Å². The number of rotatable bonds is 1. The fourth-order valence-electron chi connectivity index (χ4n) is 1.56. The minimum atomic E-state index is 0.0275. The topological polar surface area (TPSA) is 84.3 Å². The minimum absolute atomic E-state index is 0.0275. The zero-order chi connectivity index (χ0) is 11.9. The summed E-state index contributed by atoms with van der Waals surface area (Å²) in [5.41, 5.74) is 7.48. The predicted molar refractivity (Wildman–Crippen MR) is 61.1 cm³/mol. The molecule has 0 aliphatic rings. The van der Waals surface area contributed by atoms with Gasteiger partial charge in [-0.3, -0.25) is 4.68 Å². The number of nitrogen functional groups attached to an aromatic ring is 1. The number of phenols is 2. The SMILES string of the molecule is Cc1c(O)ccc(-c2cnn(C)c2N)c1O. The Kier molecular flexibility index (Phi) is 2.23. The van der Waals surface area contributed by atoms with Crippen LogP contribution in [0.2, 0.25) is 0 Å². The van der Waals surface area contributed by atoms with Crippen LogP contribution < -0.4 is 5.73 Å². The van der Waals surface area contributed by atoms with E-state index in [9.17, 15) is 10.2 Å². The Morgan fingerprint density at radius 3 is 2.50 bits per heavy atom. The summed E-state index contributed by atoms with van der Waals surface area (Å²) in [6.07, 6.45) is 1.58. The fourth-order valence-corrected chi connectivity index (χ4v) is 1.56. The lowest BCUT2D eigenvalue weighted by molar-refractivity contribution is 0.444. The van der Waals surface area contributed by atoms with Gasteiger partial charge in [0.15, 0.2) is 0 Å². The van der Waals surface area contributed by atoms with Crippen LogP contribution in [-0.4, -0.2) is 20.0 Å². The summed E-state index contributed by atoms with van der Waals surface area (Å²) >= 11 is 0. The van der Waals surface area contributed by atoms with Crippen molar-refractivity contribution in [3.63, 3.8) is 0 Å². The number of hydrogen-bond donors (Lipinski definition) is 3. The van der Waals surface area contributed by atoms with Gasteiger partial charge >= 0.3 is 0 Å². The molecular weight excluding hydrogens is 206 g/mol. The standard InChI is InChI=1S/C11H13N3O2/c1-6-9(15)4-3-7(10(6)16)8-5-13-14(2)11(8)12/h3-5,15-16H,12H2,1-2H3. The van der Waals surface area contributed by atoms with E-state index in [1.807, 2.05) is 0 Å². The van der Waals surface area contributed by atoms with Gasteiger partial charge in [-0.1, -0.05) is 0 Å². The average molecular weight is 219 g/mol. The smallest absolute Gasteiger partial charge is 0.130 e. The van der Waals surface area contributed by atoms with Crippen LogP contribution in [0.1, 0.15) is 5.56 Å².